The second-order valence-electron chi connectivity index (χ2n) is 4.10. The summed E-state index contributed by atoms with van der Waals surface area (Å²) in [6, 6.07) is 5.24. The van der Waals surface area contributed by atoms with Crippen molar-refractivity contribution in [3.8, 4) is 0 Å². The first-order chi connectivity index (χ1) is 8.45. The average molecular weight is 252 g/mol. The molecule has 0 fully saturated rings. The molecule has 0 saturated carbocycles. The number of hydrogen-bond acceptors (Lipinski definition) is 3. The van der Waals surface area contributed by atoms with Crippen LogP contribution >= 0.6 is 0 Å². The molecule has 2 atom stereocenters. The molecule has 0 saturated heterocycles. The average Bonchev–Trinajstić information content (AvgIpc) is 2.37. The highest BCUT2D eigenvalue weighted by Gasteiger charge is 2.21. The second kappa shape index (κ2) is 6.31. The third kappa shape index (κ3) is 3.67. The molecule has 0 aliphatic rings. The fourth-order valence-electron chi connectivity index (χ4n) is 1.30. The van der Waals surface area contributed by atoms with Crippen molar-refractivity contribution in [3.63, 3.8) is 0 Å². The highest BCUT2D eigenvalue weighted by atomic mass is 19.1. The predicted octanol–water partition coefficient (Wildman–Crippen LogP) is 2.76. The van der Waals surface area contributed by atoms with Gasteiger partial charge in [-0.15, -0.1) is 0 Å². The van der Waals surface area contributed by atoms with Gasteiger partial charge in [-0.2, -0.15) is 0 Å². The van der Waals surface area contributed by atoms with Crippen LogP contribution in [0.4, 0.5) is 4.39 Å². The number of aliphatic hydroxyl groups is 1. The Labute approximate surface area is 106 Å². The molecule has 1 N–H and O–H groups in total. The number of halogens is 1. The van der Waals surface area contributed by atoms with Crippen LogP contribution in [0.3, 0.4) is 0 Å². The van der Waals surface area contributed by atoms with Crippen molar-refractivity contribution < 1.29 is 19.0 Å². The number of carbonyl (C=O) groups excluding carboxylic acids is 1. The number of ether oxygens (including phenoxy) is 1. The number of aliphatic hydroxyl groups excluding tert-OH is 1. The zero-order valence-electron chi connectivity index (χ0n) is 10.5. The van der Waals surface area contributed by atoms with E-state index in [0.29, 0.717) is 12.0 Å². The summed E-state index contributed by atoms with van der Waals surface area (Å²) in [7, 11) is 0. The summed E-state index contributed by atoms with van der Waals surface area (Å²) in [6.07, 6.45) is -0.720. The smallest absolute Gasteiger partial charge is 0.336 e. The van der Waals surface area contributed by atoms with Gasteiger partial charge in [0.15, 0.2) is 0 Å². The van der Waals surface area contributed by atoms with Crippen LogP contribution in [0.2, 0.25) is 0 Å². The molecule has 4 heteroatoms. The van der Waals surface area contributed by atoms with Gasteiger partial charge in [0.25, 0.3) is 0 Å². The lowest BCUT2D eigenvalue weighted by Crippen LogP contribution is -2.19. The molecule has 0 radical (unpaired) electrons. The van der Waals surface area contributed by atoms with E-state index in [9.17, 15) is 14.3 Å². The van der Waals surface area contributed by atoms with Gasteiger partial charge < -0.3 is 9.84 Å². The maximum Gasteiger partial charge on any atom is 0.336 e. The summed E-state index contributed by atoms with van der Waals surface area (Å²) < 4.78 is 17.8. The second-order valence-corrected chi connectivity index (χ2v) is 4.10. The Hall–Kier alpha value is -1.68. The molecule has 0 aliphatic carbocycles. The molecule has 0 heterocycles. The Morgan fingerprint density at radius 1 is 1.44 bits per heavy atom. The minimum atomic E-state index is -1.18. The number of carbonyl (C=O) groups is 1. The Morgan fingerprint density at radius 3 is 2.50 bits per heavy atom. The van der Waals surface area contributed by atoms with E-state index in [1.807, 2.05) is 6.92 Å². The van der Waals surface area contributed by atoms with E-state index in [0.717, 1.165) is 0 Å². The van der Waals surface area contributed by atoms with E-state index in [-0.39, 0.29) is 11.7 Å². The number of esters is 1. The molecule has 98 valence electrons. The molecule has 1 aromatic rings. The maximum atomic E-state index is 12.7. The Bertz CT molecular complexity index is 425. The van der Waals surface area contributed by atoms with Crippen LogP contribution in [0, 0.1) is 5.82 Å². The van der Waals surface area contributed by atoms with Crippen molar-refractivity contribution in [1.29, 1.82) is 0 Å². The number of benzene rings is 1. The van der Waals surface area contributed by atoms with Crippen molar-refractivity contribution in [3.05, 3.63) is 47.8 Å². The Kier molecular flexibility index (Phi) is 5.04. The zero-order chi connectivity index (χ0) is 13.7. The van der Waals surface area contributed by atoms with Gasteiger partial charge in [0.1, 0.15) is 11.9 Å². The van der Waals surface area contributed by atoms with Crippen molar-refractivity contribution in [2.75, 3.05) is 0 Å². The molecular formula is C14H17FO3. The first kappa shape index (κ1) is 14.4. The van der Waals surface area contributed by atoms with Crippen LogP contribution in [0.5, 0.6) is 0 Å². The highest BCUT2D eigenvalue weighted by Crippen LogP contribution is 2.22. The van der Waals surface area contributed by atoms with Gasteiger partial charge in [-0.3, -0.25) is 0 Å². The maximum absolute atomic E-state index is 12.7. The molecular weight excluding hydrogens is 235 g/mol. The number of rotatable bonds is 5. The summed E-state index contributed by atoms with van der Waals surface area (Å²) >= 11 is 0. The van der Waals surface area contributed by atoms with Crippen LogP contribution in [0.25, 0.3) is 0 Å². The van der Waals surface area contributed by atoms with Gasteiger partial charge >= 0.3 is 5.97 Å². The minimum Gasteiger partial charge on any atom is -0.459 e. The fraction of sp³-hybridized carbons (Fsp3) is 0.357. The van der Waals surface area contributed by atoms with E-state index < -0.39 is 17.9 Å². The number of hydrogen-bond donors (Lipinski definition) is 1. The van der Waals surface area contributed by atoms with Crippen molar-refractivity contribution >= 4 is 5.97 Å². The standard InChI is InChI=1S/C14H17FO3/c1-4-9(2)18-14(17)10(3)13(16)11-5-7-12(15)8-6-11/h5-9,13,16H,3-4H2,1-2H3. The lowest BCUT2D eigenvalue weighted by Gasteiger charge is -2.16. The Balaban J connectivity index is 2.71. The van der Waals surface area contributed by atoms with Gasteiger partial charge in [-0.05, 0) is 31.0 Å². The zero-order valence-corrected chi connectivity index (χ0v) is 10.5. The summed E-state index contributed by atoms with van der Waals surface area (Å²) in [5.41, 5.74) is 0.351. The summed E-state index contributed by atoms with van der Waals surface area (Å²) in [5.74, 6) is -1.04. The summed E-state index contributed by atoms with van der Waals surface area (Å²) in [5, 5.41) is 9.91. The third-order valence-electron chi connectivity index (χ3n) is 2.66. The molecule has 1 rings (SSSR count). The van der Waals surface area contributed by atoms with Crippen molar-refractivity contribution in [1.82, 2.24) is 0 Å². The molecule has 0 spiro atoms. The van der Waals surface area contributed by atoms with Gasteiger partial charge in [-0.25, -0.2) is 9.18 Å². The lowest BCUT2D eigenvalue weighted by molar-refractivity contribution is -0.144. The van der Waals surface area contributed by atoms with E-state index in [1.165, 1.54) is 24.3 Å². The molecule has 18 heavy (non-hydrogen) atoms. The van der Waals surface area contributed by atoms with Crippen LogP contribution in [0.1, 0.15) is 31.9 Å². The fourth-order valence-corrected chi connectivity index (χ4v) is 1.30. The largest absolute Gasteiger partial charge is 0.459 e. The van der Waals surface area contributed by atoms with Crippen LogP contribution in [-0.4, -0.2) is 17.2 Å². The topological polar surface area (TPSA) is 46.5 Å². The highest BCUT2D eigenvalue weighted by molar-refractivity contribution is 5.89. The molecule has 0 amide bonds. The molecule has 3 nitrogen and oxygen atoms in total. The molecule has 0 aromatic heterocycles. The van der Waals surface area contributed by atoms with Gasteiger partial charge in [0.2, 0.25) is 0 Å². The van der Waals surface area contributed by atoms with Crippen molar-refractivity contribution in [2.24, 2.45) is 0 Å². The first-order valence-corrected chi connectivity index (χ1v) is 5.79. The van der Waals surface area contributed by atoms with E-state index in [1.54, 1.807) is 6.92 Å². The van der Waals surface area contributed by atoms with Gasteiger partial charge in [0.05, 0.1) is 11.7 Å². The summed E-state index contributed by atoms with van der Waals surface area (Å²) in [4.78, 5) is 11.6. The van der Waals surface area contributed by atoms with Crippen LogP contribution in [0.15, 0.2) is 36.4 Å². The molecule has 0 aliphatic heterocycles. The van der Waals surface area contributed by atoms with Gasteiger partial charge in [0, 0.05) is 0 Å². The van der Waals surface area contributed by atoms with E-state index in [2.05, 4.69) is 6.58 Å². The molecule has 2 unspecified atom stereocenters. The SMILES string of the molecule is C=C(C(=O)OC(C)CC)C(O)c1ccc(F)cc1. The Morgan fingerprint density at radius 2 is 2.00 bits per heavy atom. The normalized spacial score (nSPS) is 13.8. The molecule has 0 bridgehead atoms. The quantitative estimate of drug-likeness (QED) is 0.647. The monoisotopic (exact) mass is 252 g/mol. The van der Waals surface area contributed by atoms with Crippen LogP contribution in [-0.2, 0) is 9.53 Å². The lowest BCUT2D eigenvalue weighted by atomic mass is 10.0. The first-order valence-electron chi connectivity index (χ1n) is 5.79. The van der Waals surface area contributed by atoms with E-state index in [4.69, 9.17) is 4.74 Å². The van der Waals surface area contributed by atoms with Gasteiger partial charge in [-0.1, -0.05) is 25.6 Å². The summed E-state index contributed by atoms with van der Waals surface area (Å²) in [6.45, 7) is 7.17. The van der Waals surface area contributed by atoms with E-state index >= 15 is 0 Å². The van der Waals surface area contributed by atoms with Crippen LogP contribution < -0.4 is 0 Å². The third-order valence-corrected chi connectivity index (χ3v) is 2.66. The van der Waals surface area contributed by atoms with Crippen molar-refractivity contribution in [2.45, 2.75) is 32.5 Å². The minimum absolute atomic E-state index is 0.0538. The predicted molar refractivity (Wildman–Crippen MR) is 66.3 cm³/mol. The molecule has 1 aromatic carbocycles.